The summed E-state index contributed by atoms with van der Waals surface area (Å²) in [4.78, 5) is 17.0. The van der Waals surface area contributed by atoms with Crippen LogP contribution in [0.4, 0.5) is 10.5 Å². The number of carbonyl (C=O) groups excluding carboxylic acids is 1. The molecule has 31 heavy (non-hydrogen) atoms. The van der Waals surface area contributed by atoms with Gasteiger partial charge in [-0.05, 0) is 43.7 Å². The van der Waals surface area contributed by atoms with Crippen molar-refractivity contribution in [1.29, 1.82) is 0 Å². The molecule has 6 nitrogen and oxygen atoms in total. The lowest BCUT2D eigenvalue weighted by molar-refractivity contribution is 0.185. The summed E-state index contributed by atoms with van der Waals surface area (Å²) in [7, 11) is 7.22. The molecule has 1 fully saturated rings. The molecule has 1 aliphatic carbocycles. The van der Waals surface area contributed by atoms with E-state index in [9.17, 15) is 4.79 Å². The zero-order chi connectivity index (χ0) is 22.2. The topological polar surface area (TPSA) is 54.0 Å². The molecule has 2 amide bonds. The van der Waals surface area contributed by atoms with Crippen LogP contribution in [0, 0.1) is 0 Å². The van der Waals surface area contributed by atoms with Crippen LogP contribution in [0.25, 0.3) is 0 Å². The third kappa shape index (κ3) is 6.14. The first-order valence-electron chi connectivity index (χ1n) is 11.0. The first kappa shape index (κ1) is 22.9. The first-order valence-corrected chi connectivity index (χ1v) is 11.0. The van der Waals surface area contributed by atoms with Gasteiger partial charge in [0, 0.05) is 37.0 Å². The number of nitrogens with zero attached hydrogens (tertiary/aromatic N) is 2. The third-order valence-electron chi connectivity index (χ3n) is 6.13. The van der Waals surface area contributed by atoms with E-state index in [1.165, 1.54) is 32.1 Å². The highest BCUT2D eigenvalue weighted by Crippen LogP contribution is 2.27. The van der Waals surface area contributed by atoms with E-state index in [0.717, 1.165) is 29.1 Å². The van der Waals surface area contributed by atoms with Gasteiger partial charge in [-0.2, -0.15) is 0 Å². The number of anilines is 1. The lowest BCUT2D eigenvalue weighted by atomic mass is 9.94. The van der Waals surface area contributed by atoms with Crippen molar-refractivity contribution in [3.05, 3.63) is 53.6 Å². The van der Waals surface area contributed by atoms with Crippen LogP contribution < -0.4 is 14.8 Å². The molecular weight excluding hydrogens is 390 g/mol. The molecule has 3 rings (SSSR count). The van der Waals surface area contributed by atoms with Gasteiger partial charge in [-0.25, -0.2) is 4.79 Å². The van der Waals surface area contributed by atoms with E-state index >= 15 is 0 Å². The van der Waals surface area contributed by atoms with Crippen LogP contribution in [0.2, 0.25) is 0 Å². The van der Waals surface area contributed by atoms with Crippen LogP contribution in [-0.4, -0.2) is 50.2 Å². The van der Waals surface area contributed by atoms with Crippen LogP contribution in [0.5, 0.6) is 11.5 Å². The van der Waals surface area contributed by atoms with Crippen molar-refractivity contribution in [3.63, 3.8) is 0 Å². The molecule has 0 heterocycles. The van der Waals surface area contributed by atoms with Crippen LogP contribution in [0.1, 0.15) is 43.2 Å². The molecule has 2 aromatic carbocycles. The highest BCUT2D eigenvalue weighted by molar-refractivity contribution is 5.90. The summed E-state index contributed by atoms with van der Waals surface area (Å²) in [6.45, 7) is 1.26. The largest absolute Gasteiger partial charge is 0.497 e. The van der Waals surface area contributed by atoms with Gasteiger partial charge in [0.1, 0.15) is 11.5 Å². The summed E-state index contributed by atoms with van der Waals surface area (Å²) in [5, 5.41) is 3.09. The summed E-state index contributed by atoms with van der Waals surface area (Å²) in [6, 6.07) is 14.2. The van der Waals surface area contributed by atoms with Crippen molar-refractivity contribution in [3.8, 4) is 11.5 Å². The number of urea groups is 1. The molecule has 0 aromatic heterocycles. The fourth-order valence-electron chi connectivity index (χ4n) is 4.22. The van der Waals surface area contributed by atoms with E-state index < -0.39 is 0 Å². The number of hydrogen-bond donors (Lipinski definition) is 1. The monoisotopic (exact) mass is 425 g/mol. The summed E-state index contributed by atoms with van der Waals surface area (Å²) in [6.07, 6.45) is 6.50. The van der Waals surface area contributed by atoms with Gasteiger partial charge in [0.15, 0.2) is 0 Å². The maximum Gasteiger partial charge on any atom is 0.321 e. The highest BCUT2D eigenvalue weighted by Gasteiger charge is 2.20. The standard InChI is InChI=1S/C25H35N3O3/c1-27(21-11-6-5-7-12-21)17-19-10-8-9-13-23(19)26-25(29)28(2)18-20-14-15-22(30-3)16-24(20)31-4/h8-10,13-16,21H,5-7,11-12,17-18H2,1-4H3,(H,26,29). The van der Waals surface area contributed by atoms with E-state index in [0.29, 0.717) is 18.3 Å². The molecule has 0 spiro atoms. The summed E-state index contributed by atoms with van der Waals surface area (Å²) in [5.74, 6) is 1.43. The zero-order valence-electron chi connectivity index (χ0n) is 19.2. The average Bonchev–Trinajstić information content (AvgIpc) is 2.81. The molecule has 0 unspecified atom stereocenters. The van der Waals surface area contributed by atoms with Gasteiger partial charge in [-0.15, -0.1) is 0 Å². The fraction of sp³-hybridized carbons (Fsp3) is 0.480. The molecule has 0 atom stereocenters. The van der Waals surface area contributed by atoms with Crippen molar-refractivity contribution in [2.24, 2.45) is 0 Å². The third-order valence-corrected chi connectivity index (χ3v) is 6.13. The van der Waals surface area contributed by atoms with E-state index in [4.69, 9.17) is 9.47 Å². The second kappa shape index (κ2) is 11.0. The summed E-state index contributed by atoms with van der Waals surface area (Å²) >= 11 is 0. The molecule has 2 aromatic rings. The Bertz CT molecular complexity index is 865. The molecule has 0 bridgehead atoms. The molecule has 168 valence electrons. The minimum Gasteiger partial charge on any atom is -0.497 e. The van der Waals surface area contributed by atoms with Gasteiger partial charge in [0.05, 0.1) is 20.8 Å². The number of nitrogens with one attached hydrogen (secondary N) is 1. The number of carbonyl (C=O) groups is 1. The Balaban J connectivity index is 1.65. The van der Waals surface area contributed by atoms with Crippen LogP contribution in [0.3, 0.4) is 0 Å². The molecule has 1 saturated carbocycles. The van der Waals surface area contributed by atoms with E-state index in [1.54, 1.807) is 26.2 Å². The maximum atomic E-state index is 12.9. The van der Waals surface area contributed by atoms with Crippen LogP contribution in [-0.2, 0) is 13.1 Å². The number of amides is 2. The highest BCUT2D eigenvalue weighted by atomic mass is 16.5. The Kier molecular flexibility index (Phi) is 8.18. The molecule has 0 aliphatic heterocycles. The van der Waals surface area contributed by atoms with E-state index in [1.807, 2.05) is 36.4 Å². The van der Waals surface area contributed by atoms with Crippen molar-refractivity contribution < 1.29 is 14.3 Å². The second-order valence-corrected chi connectivity index (χ2v) is 8.33. The number of methoxy groups -OCH3 is 2. The SMILES string of the molecule is COc1ccc(CN(C)C(=O)Nc2ccccc2CN(C)C2CCCCC2)c(OC)c1. The van der Waals surface area contributed by atoms with E-state index in [-0.39, 0.29) is 6.03 Å². The van der Waals surface area contributed by atoms with Crippen molar-refractivity contribution in [2.45, 2.75) is 51.2 Å². The minimum atomic E-state index is -0.148. The van der Waals surface area contributed by atoms with Crippen molar-refractivity contribution >= 4 is 11.7 Å². The smallest absolute Gasteiger partial charge is 0.321 e. The molecular formula is C25H35N3O3. The second-order valence-electron chi connectivity index (χ2n) is 8.33. The van der Waals surface area contributed by atoms with Crippen molar-refractivity contribution in [1.82, 2.24) is 9.80 Å². The summed E-state index contributed by atoms with van der Waals surface area (Å²) < 4.78 is 10.7. The normalized spacial score (nSPS) is 14.4. The number of ether oxygens (including phenoxy) is 2. The maximum absolute atomic E-state index is 12.9. The predicted molar refractivity (Wildman–Crippen MR) is 125 cm³/mol. The zero-order valence-corrected chi connectivity index (χ0v) is 19.2. The molecule has 0 radical (unpaired) electrons. The Morgan fingerprint density at radius 3 is 2.42 bits per heavy atom. The quantitative estimate of drug-likeness (QED) is 0.637. The molecule has 1 N–H and O–H groups in total. The van der Waals surface area contributed by atoms with Gasteiger partial charge in [-0.1, -0.05) is 37.5 Å². The Hall–Kier alpha value is -2.73. The summed E-state index contributed by atoms with van der Waals surface area (Å²) in [5.41, 5.74) is 2.93. The minimum absolute atomic E-state index is 0.148. The Morgan fingerprint density at radius 2 is 1.71 bits per heavy atom. The van der Waals surface area contributed by atoms with Gasteiger partial charge in [0.2, 0.25) is 0 Å². The Morgan fingerprint density at radius 1 is 0.968 bits per heavy atom. The van der Waals surface area contributed by atoms with Gasteiger partial charge in [0.25, 0.3) is 0 Å². The lowest BCUT2D eigenvalue weighted by Gasteiger charge is -2.31. The predicted octanol–water partition coefficient (Wildman–Crippen LogP) is 5.13. The van der Waals surface area contributed by atoms with Gasteiger partial charge in [-0.3, -0.25) is 4.90 Å². The lowest BCUT2D eigenvalue weighted by Crippen LogP contribution is -2.34. The van der Waals surface area contributed by atoms with Gasteiger partial charge >= 0.3 is 6.03 Å². The number of hydrogen-bond acceptors (Lipinski definition) is 4. The number of rotatable bonds is 8. The Labute approximate surface area is 186 Å². The molecule has 6 heteroatoms. The number of para-hydroxylation sites is 1. The van der Waals surface area contributed by atoms with Gasteiger partial charge < -0.3 is 19.7 Å². The fourth-order valence-corrected chi connectivity index (χ4v) is 4.22. The molecule has 1 aliphatic rings. The molecule has 0 saturated heterocycles. The average molecular weight is 426 g/mol. The number of benzene rings is 2. The van der Waals surface area contributed by atoms with Crippen molar-refractivity contribution in [2.75, 3.05) is 33.6 Å². The van der Waals surface area contributed by atoms with Crippen LogP contribution in [0.15, 0.2) is 42.5 Å². The van der Waals surface area contributed by atoms with E-state index in [2.05, 4.69) is 23.3 Å². The van der Waals surface area contributed by atoms with Crippen LogP contribution >= 0.6 is 0 Å². The first-order chi connectivity index (χ1) is 15.0.